The van der Waals surface area contributed by atoms with E-state index in [0.29, 0.717) is 30.5 Å². The normalized spacial score (nSPS) is 38.9. The molecule has 4 rings (SSSR count). The van der Waals surface area contributed by atoms with Gasteiger partial charge in [0.2, 0.25) is 0 Å². The fourth-order valence-corrected chi connectivity index (χ4v) is 5.07. The zero-order valence-corrected chi connectivity index (χ0v) is 14.6. The Morgan fingerprint density at radius 3 is 2.83 bits per heavy atom. The van der Waals surface area contributed by atoms with Gasteiger partial charge in [-0.25, -0.2) is 4.79 Å². The lowest BCUT2D eigenvalue weighted by Gasteiger charge is -2.25. The second-order valence-corrected chi connectivity index (χ2v) is 8.35. The Kier molecular flexibility index (Phi) is 3.67. The summed E-state index contributed by atoms with van der Waals surface area (Å²) in [7, 11) is 0. The van der Waals surface area contributed by atoms with Crippen molar-refractivity contribution >= 4 is 5.97 Å². The summed E-state index contributed by atoms with van der Waals surface area (Å²) in [6, 6.07) is 0. The van der Waals surface area contributed by atoms with Crippen molar-refractivity contribution in [2.24, 2.45) is 17.8 Å². The molecule has 2 heterocycles. The number of ether oxygens (including phenoxy) is 2. The summed E-state index contributed by atoms with van der Waals surface area (Å²) in [6.07, 6.45) is 9.78. The van der Waals surface area contributed by atoms with E-state index in [1.807, 2.05) is 0 Å². The lowest BCUT2D eigenvalue weighted by molar-refractivity contribution is -0.136. The van der Waals surface area contributed by atoms with Crippen LogP contribution in [0.15, 0.2) is 22.8 Å². The van der Waals surface area contributed by atoms with Crippen LogP contribution in [-0.4, -0.2) is 24.3 Å². The number of cyclic esters (lactones) is 1. The fourth-order valence-electron chi connectivity index (χ4n) is 5.07. The van der Waals surface area contributed by atoms with Crippen LogP contribution in [0, 0.1) is 17.8 Å². The quantitative estimate of drug-likeness (QED) is 0.445. The molecule has 0 amide bonds. The first kappa shape index (κ1) is 15.4. The molecule has 23 heavy (non-hydrogen) atoms. The molecule has 1 saturated carbocycles. The van der Waals surface area contributed by atoms with Crippen molar-refractivity contribution in [3.8, 4) is 0 Å². The van der Waals surface area contributed by atoms with E-state index in [0.717, 1.165) is 18.4 Å². The highest BCUT2D eigenvalue weighted by atomic mass is 16.6. The lowest BCUT2D eigenvalue weighted by Crippen LogP contribution is -2.22. The second-order valence-electron chi connectivity index (χ2n) is 8.35. The van der Waals surface area contributed by atoms with Gasteiger partial charge in [-0.15, -0.1) is 0 Å². The summed E-state index contributed by atoms with van der Waals surface area (Å²) in [4.78, 5) is 12.3. The topological polar surface area (TPSA) is 38.8 Å². The van der Waals surface area contributed by atoms with Crippen LogP contribution in [0.5, 0.6) is 0 Å². The highest BCUT2D eigenvalue weighted by molar-refractivity contribution is 5.92. The van der Waals surface area contributed by atoms with E-state index in [-0.39, 0.29) is 11.6 Å². The van der Waals surface area contributed by atoms with Gasteiger partial charge in [0.05, 0.1) is 11.7 Å². The monoisotopic (exact) mass is 316 g/mol. The molecule has 0 aromatic carbocycles. The Labute approximate surface area is 139 Å². The average molecular weight is 316 g/mol. The van der Waals surface area contributed by atoms with Crippen molar-refractivity contribution in [3.05, 3.63) is 22.8 Å². The van der Waals surface area contributed by atoms with Gasteiger partial charge in [-0.1, -0.05) is 11.6 Å². The first-order valence-electron chi connectivity index (χ1n) is 9.21. The Hall–Kier alpha value is -1.09. The molecule has 2 fully saturated rings. The number of rotatable bonds is 3. The van der Waals surface area contributed by atoms with Crippen molar-refractivity contribution in [2.75, 3.05) is 6.61 Å². The molecule has 0 unspecified atom stereocenters. The molecule has 3 nitrogen and oxygen atoms in total. The van der Waals surface area contributed by atoms with Crippen LogP contribution in [0.25, 0.3) is 0 Å². The van der Waals surface area contributed by atoms with Gasteiger partial charge in [0.15, 0.2) is 0 Å². The second kappa shape index (κ2) is 5.47. The molecular formula is C20H28O3. The predicted molar refractivity (Wildman–Crippen MR) is 88.9 cm³/mol. The van der Waals surface area contributed by atoms with Crippen LogP contribution in [0.4, 0.5) is 0 Å². The van der Waals surface area contributed by atoms with Crippen LogP contribution >= 0.6 is 0 Å². The van der Waals surface area contributed by atoms with E-state index in [1.54, 1.807) is 0 Å². The van der Waals surface area contributed by atoms with Crippen molar-refractivity contribution in [3.63, 3.8) is 0 Å². The molecule has 3 heteroatoms. The minimum absolute atomic E-state index is 0.0248. The van der Waals surface area contributed by atoms with E-state index in [1.165, 1.54) is 36.8 Å². The van der Waals surface area contributed by atoms with Crippen LogP contribution in [-0.2, 0) is 14.3 Å². The summed E-state index contributed by atoms with van der Waals surface area (Å²) in [5, 5.41) is 0. The molecule has 0 spiro atoms. The summed E-state index contributed by atoms with van der Waals surface area (Å²) >= 11 is 0. The minimum Gasteiger partial charge on any atom is -0.458 e. The van der Waals surface area contributed by atoms with Gasteiger partial charge in [0.1, 0.15) is 6.61 Å². The van der Waals surface area contributed by atoms with E-state index < -0.39 is 0 Å². The highest BCUT2D eigenvalue weighted by Crippen LogP contribution is 2.51. The third-order valence-corrected chi connectivity index (χ3v) is 6.56. The van der Waals surface area contributed by atoms with Gasteiger partial charge in [-0.05, 0) is 76.7 Å². The van der Waals surface area contributed by atoms with Crippen molar-refractivity contribution in [1.82, 2.24) is 0 Å². The largest absolute Gasteiger partial charge is 0.458 e. The van der Waals surface area contributed by atoms with Crippen LogP contribution < -0.4 is 0 Å². The van der Waals surface area contributed by atoms with Gasteiger partial charge in [-0.2, -0.15) is 0 Å². The van der Waals surface area contributed by atoms with Gasteiger partial charge in [0.25, 0.3) is 0 Å². The summed E-state index contributed by atoms with van der Waals surface area (Å²) in [5.74, 6) is 1.58. The number of hydrogen-bond acceptors (Lipinski definition) is 3. The molecular weight excluding hydrogens is 288 g/mol. The molecule has 0 bridgehead atoms. The van der Waals surface area contributed by atoms with Crippen molar-refractivity contribution in [1.29, 1.82) is 0 Å². The molecule has 0 radical (unpaired) electrons. The number of carbonyl (C=O) groups excluding carboxylic acids is 1. The maximum Gasteiger partial charge on any atom is 0.334 e. The molecule has 4 aliphatic rings. The van der Waals surface area contributed by atoms with E-state index in [2.05, 4.69) is 26.8 Å². The molecule has 0 aromatic heterocycles. The maximum atomic E-state index is 12.3. The number of epoxide rings is 1. The third-order valence-electron chi connectivity index (χ3n) is 6.56. The van der Waals surface area contributed by atoms with Crippen LogP contribution in [0.3, 0.4) is 0 Å². The van der Waals surface area contributed by atoms with Gasteiger partial charge in [-0.3, -0.25) is 0 Å². The first-order valence-corrected chi connectivity index (χ1v) is 9.21. The standard InChI is InChI=1S/C20H28O3/c1-12(7-10-16-20(2,3)23-16)15-9-8-13-5-4-6-14-11-22-19(21)18(14)17(13)15/h7,13,15-17H,4-6,8-11H2,1-3H3/b12-7-/t13-,15+,16-,17+/m0/s1. The molecule has 126 valence electrons. The zero-order valence-electron chi connectivity index (χ0n) is 14.6. The van der Waals surface area contributed by atoms with Crippen LogP contribution in [0.2, 0.25) is 0 Å². The van der Waals surface area contributed by atoms with E-state index in [4.69, 9.17) is 9.47 Å². The molecule has 1 saturated heterocycles. The average Bonchev–Trinajstić information content (AvgIpc) is 2.79. The number of carbonyl (C=O) groups is 1. The van der Waals surface area contributed by atoms with E-state index in [9.17, 15) is 4.79 Å². The SMILES string of the molecule is C/C(=C/C[C@@H]1OC1(C)C)[C@H]1CC[C@@H]2CCCC3=C(C(=O)OC3)[C@H]21. The molecule has 2 aliphatic carbocycles. The zero-order chi connectivity index (χ0) is 16.2. The highest BCUT2D eigenvalue weighted by Gasteiger charge is 2.48. The molecule has 0 aromatic rings. The minimum atomic E-state index is -0.0248. The number of fused-ring (bicyclic) bond motifs is 2. The van der Waals surface area contributed by atoms with Gasteiger partial charge >= 0.3 is 5.97 Å². The third kappa shape index (κ3) is 2.67. The number of allylic oxidation sites excluding steroid dienone is 1. The summed E-state index contributed by atoms with van der Waals surface area (Å²) in [5.41, 5.74) is 3.87. The Morgan fingerprint density at radius 1 is 1.30 bits per heavy atom. The van der Waals surface area contributed by atoms with Gasteiger partial charge < -0.3 is 9.47 Å². The smallest absolute Gasteiger partial charge is 0.334 e. The molecule has 0 N–H and O–H groups in total. The number of esters is 1. The summed E-state index contributed by atoms with van der Waals surface area (Å²) in [6.45, 7) is 7.12. The van der Waals surface area contributed by atoms with Crippen LogP contribution in [0.1, 0.15) is 59.3 Å². The Balaban J connectivity index is 1.56. The van der Waals surface area contributed by atoms with Gasteiger partial charge in [0, 0.05) is 11.5 Å². The number of hydrogen-bond donors (Lipinski definition) is 0. The first-order chi connectivity index (χ1) is 11.0. The van der Waals surface area contributed by atoms with E-state index >= 15 is 0 Å². The fraction of sp³-hybridized carbons (Fsp3) is 0.750. The lowest BCUT2D eigenvalue weighted by atomic mass is 9.78. The summed E-state index contributed by atoms with van der Waals surface area (Å²) < 4.78 is 11.1. The maximum absolute atomic E-state index is 12.3. The van der Waals surface area contributed by atoms with Crippen molar-refractivity contribution in [2.45, 2.75) is 71.0 Å². The Morgan fingerprint density at radius 2 is 2.09 bits per heavy atom. The molecule has 4 atom stereocenters. The Bertz CT molecular complexity index is 584. The van der Waals surface area contributed by atoms with Crippen molar-refractivity contribution < 1.29 is 14.3 Å². The predicted octanol–water partition coefficient (Wildman–Crippen LogP) is 4.18. The molecule has 2 aliphatic heterocycles.